The van der Waals surface area contributed by atoms with Crippen molar-refractivity contribution in [2.24, 2.45) is 0 Å². The Labute approximate surface area is 296 Å². The van der Waals surface area contributed by atoms with Gasteiger partial charge in [0.2, 0.25) is 0 Å². The van der Waals surface area contributed by atoms with Gasteiger partial charge in [-0.15, -0.1) is 0 Å². The second kappa shape index (κ2) is 18.5. The van der Waals surface area contributed by atoms with Crippen molar-refractivity contribution in [3.05, 3.63) is 108 Å². The number of piperidine rings is 1. The fourth-order valence-corrected chi connectivity index (χ4v) is 6.04. The molecule has 262 valence electrons. The van der Waals surface area contributed by atoms with Crippen LogP contribution < -0.4 is 15.8 Å². The normalized spacial score (nSPS) is 13.7. The third kappa shape index (κ3) is 8.65. The number of carbonyl (C=O) groups excluding carboxylic acids is 1. The van der Waals surface area contributed by atoms with E-state index in [1.165, 1.54) is 5.56 Å². The molecule has 50 heavy (non-hydrogen) atoms. The van der Waals surface area contributed by atoms with Crippen LogP contribution in [0, 0.1) is 0 Å². The number of hydrogen-bond acceptors (Lipinski definition) is 8. The molecule has 0 amide bonds. The second-order valence-electron chi connectivity index (χ2n) is 11.4. The number of allylic oxidation sites excluding steroid dienone is 4. The Morgan fingerprint density at radius 1 is 0.980 bits per heavy atom. The Balaban J connectivity index is 0.00000136. The fraction of sp³-hybridized carbons (Fsp3) is 0.317. The fourth-order valence-electron chi connectivity index (χ4n) is 6.04. The van der Waals surface area contributed by atoms with Crippen LogP contribution >= 0.6 is 0 Å². The number of methoxy groups -OCH3 is 1. The molecule has 6 rings (SSSR count). The van der Waals surface area contributed by atoms with E-state index in [1.54, 1.807) is 19.4 Å². The van der Waals surface area contributed by atoms with Crippen LogP contribution in [-0.4, -0.2) is 56.9 Å². The summed E-state index contributed by atoms with van der Waals surface area (Å²) in [6.45, 7) is 14.9. The molecule has 9 nitrogen and oxygen atoms in total. The standard InChI is InChI=1S/C37H39N7O2.2C2H6/c1-4-7-26(5-2)32-15-16-33-37(41-32)44(36(42-33)31-8-6-19-39-35(31)38)30-13-9-25(10-14-30)23-43-20-17-28(18-21-43)40-29-12-11-27(24-45)34(22-29)46-3;2*1-2/h4-16,19,22,24,28,40H,17-18,20-21,23H2,1-3H3,(H2,38,39);2*1-2H3/b7-4-,26-5+;;. The van der Waals surface area contributed by atoms with Gasteiger partial charge in [0, 0.05) is 49.3 Å². The van der Waals surface area contributed by atoms with Gasteiger partial charge in [-0.25, -0.2) is 15.0 Å². The average molecular weight is 674 g/mol. The van der Waals surface area contributed by atoms with Crippen LogP contribution in [0.5, 0.6) is 5.75 Å². The van der Waals surface area contributed by atoms with Gasteiger partial charge < -0.3 is 15.8 Å². The van der Waals surface area contributed by atoms with Gasteiger partial charge in [-0.3, -0.25) is 14.3 Å². The molecule has 0 atom stereocenters. The van der Waals surface area contributed by atoms with Gasteiger partial charge in [0.05, 0.1) is 23.9 Å². The smallest absolute Gasteiger partial charge is 0.165 e. The lowest BCUT2D eigenvalue weighted by Crippen LogP contribution is -2.38. The second-order valence-corrected chi connectivity index (χ2v) is 11.4. The number of aldehydes is 1. The number of nitrogens with zero attached hydrogens (tertiary/aromatic N) is 5. The lowest BCUT2D eigenvalue weighted by Gasteiger charge is -2.33. The number of anilines is 2. The van der Waals surface area contributed by atoms with Gasteiger partial charge in [-0.1, -0.05) is 58.1 Å². The summed E-state index contributed by atoms with van der Waals surface area (Å²) in [4.78, 5) is 28.1. The molecule has 0 saturated carbocycles. The number of likely N-dealkylation sites (tertiary alicyclic amines) is 1. The van der Waals surface area contributed by atoms with Gasteiger partial charge in [-0.05, 0) is 86.4 Å². The number of hydrogen-bond donors (Lipinski definition) is 2. The van der Waals surface area contributed by atoms with Crippen LogP contribution in [0.25, 0.3) is 33.8 Å². The number of rotatable bonds is 10. The van der Waals surface area contributed by atoms with Gasteiger partial charge >= 0.3 is 0 Å². The molecular weight excluding hydrogens is 622 g/mol. The summed E-state index contributed by atoms with van der Waals surface area (Å²) < 4.78 is 7.44. The summed E-state index contributed by atoms with van der Waals surface area (Å²) in [5, 5.41) is 3.62. The van der Waals surface area contributed by atoms with E-state index in [2.05, 4.69) is 56.2 Å². The molecule has 0 aliphatic carbocycles. The van der Waals surface area contributed by atoms with Crippen molar-refractivity contribution in [3.63, 3.8) is 0 Å². The number of ether oxygens (including phenoxy) is 1. The number of aromatic nitrogens is 4. The first-order valence-corrected chi connectivity index (χ1v) is 17.6. The topological polar surface area (TPSA) is 111 Å². The monoisotopic (exact) mass is 673 g/mol. The molecule has 5 aromatic rings. The number of imidazole rings is 1. The first-order valence-electron chi connectivity index (χ1n) is 17.6. The number of nitrogens with two attached hydrogens (primary N) is 1. The Kier molecular flexibility index (Phi) is 13.9. The maximum absolute atomic E-state index is 11.2. The van der Waals surface area contributed by atoms with Crippen molar-refractivity contribution in [1.82, 2.24) is 24.4 Å². The Bertz CT molecular complexity index is 1900. The van der Waals surface area contributed by atoms with Crippen molar-refractivity contribution < 1.29 is 9.53 Å². The van der Waals surface area contributed by atoms with Gasteiger partial charge in [0.25, 0.3) is 0 Å². The lowest BCUT2D eigenvalue weighted by molar-refractivity contribution is 0.112. The largest absolute Gasteiger partial charge is 0.496 e. The van der Waals surface area contributed by atoms with Crippen molar-refractivity contribution in [2.45, 2.75) is 67.0 Å². The van der Waals surface area contributed by atoms with Crippen LogP contribution in [0.3, 0.4) is 0 Å². The Morgan fingerprint density at radius 3 is 2.36 bits per heavy atom. The molecule has 0 radical (unpaired) electrons. The number of fused-ring (bicyclic) bond motifs is 1. The minimum Gasteiger partial charge on any atom is -0.496 e. The number of pyridine rings is 2. The van der Waals surface area contributed by atoms with E-state index in [1.807, 2.05) is 84.0 Å². The molecule has 1 saturated heterocycles. The molecule has 4 heterocycles. The highest BCUT2D eigenvalue weighted by atomic mass is 16.5. The molecular formula is C41H51N7O2. The van der Waals surface area contributed by atoms with E-state index in [4.69, 9.17) is 20.4 Å². The van der Waals surface area contributed by atoms with Crippen molar-refractivity contribution in [1.29, 1.82) is 0 Å². The summed E-state index contributed by atoms with van der Waals surface area (Å²) in [7, 11) is 1.59. The van der Waals surface area contributed by atoms with E-state index in [-0.39, 0.29) is 0 Å². The highest BCUT2D eigenvalue weighted by Crippen LogP contribution is 2.32. The number of nitrogens with one attached hydrogen (secondary N) is 1. The number of benzene rings is 2. The van der Waals surface area contributed by atoms with Crippen LogP contribution in [0.1, 0.15) is 76.0 Å². The van der Waals surface area contributed by atoms with E-state index in [0.717, 1.165) is 78.1 Å². The lowest BCUT2D eigenvalue weighted by atomic mass is 10.0. The molecule has 3 N–H and O–H groups in total. The third-order valence-electron chi connectivity index (χ3n) is 8.46. The maximum Gasteiger partial charge on any atom is 0.165 e. The molecule has 3 aromatic heterocycles. The number of nitrogen functional groups attached to an aromatic ring is 1. The summed E-state index contributed by atoms with van der Waals surface area (Å²) in [6.07, 6.45) is 10.7. The van der Waals surface area contributed by atoms with Crippen LogP contribution in [0.2, 0.25) is 0 Å². The summed E-state index contributed by atoms with van der Waals surface area (Å²) in [6, 6.07) is 22.5. The zero-order valence-electron chi connectivity index (χ0n) is 30.5. The summed E-state index contributed by atoms with van der Waals surface area (Å²) >= 11 is 0. The average Bonchev–Trinajstić information content (AvgIpc) is 3.55. The molecule has 1 fully saturated rings. The van der Waals surface area contributed by atoms with Crippen molar-refractivity contribution in [3.8, 4) is 22.8 Å². The predicted molar refractivity (Wildman–Crippen MR) is 208 cm³/mol. The van der Waals surface area contributed by atoms with E-state index >= 15 is 0 Å². The zero-order chi connectivity index (χ0) is 36.0. The molecule has 0 unspecified atom stereocenters. The first-order chi connectivity index (χ1) is 24.5. The minimum atomic E-state index is 0.367. The van der Waals surface area contributed by atoms with Gasteiger partial charge in [0.1, 0.15) is 17.1 Å². The first kappa shape index (κ1) is 37.5. The Hall–Kier alpha value is -5.28. The third-order valence-corrected chi connectivity index (χ3v) is 8.46. The van der Waals surface area contributed by atoms with E-state index in [0.29, 0.717) is 29.0 Å². The van der Waals surface area contributed by atoms with Gasteiger partial charge in [-0.2, -0.15) is 0 Å². The van der Waals surface area contributed by atoms with Crippen molar-refractivity contribution >= 4 is 34.5 Å². The maximum atomic E-state index is 11.2. The van der Waals surface area contributed by atoms with Crippen LogP contribution in [-0.2, 0) is 6.54 Å². The zero-order valence-corrected chi connectivity index (χ0v) is 30.5. The molecule has 9 heteroatoms. The molecule has 0 bridgehead atoms. The van der Waals surface area contributed by atoms with Crippen LogP contribution in [0.15, 0.2) is 91.2 Å². The molecule has 1 aliphatic heterocycles. The predicted octanol–water partition coefficient (Wildman–Crippen LogP) is 8.99. The highest BCUT2D eigenvalue weighted by Gasteiger charge is 2.21. The molecule has 1 aliphatic rings. The molecule has 2 aromatic carbocycles. The molecule has 0 spiro atoms. The summed E-state index contributed by atoms with van der Waals surface area (Å²) in [5.74, 6) is 1.72. The SMILES string of the molecule is C/C=C\C(=C/C)c1ccc2nc(-c3cccnc3N)n(-c3ccc(CN4CCC(Nc5ccc(C=O)c(OC)c5)CC4)cc3)c2n1.CC.CC. The quantitative estimate of drug-likeness (QED) is 0.112. The van der Waals surface area contributed by atoms with Crippen LogP contribution in [0.4, 0.5) is 11.5 Å². The Morgan fingerprint density at radius 2 is 1.72 bits per heavy atom. The highest BCUT2D eigenvalue weighted by molar-refractivity contribution is 5.85. The number of carbonyl (C=O) groups is 1. The van der Waals surface area contributed by atoms with E-state index in [9.17, 15) is 4.79 Å². The summed E-state index contributed by atoms with van der Waals surface area (Å²) in [5.41, 5.74) is 14.3. The minimum absolute atomic E-state index is 0.367. The van der Waals surface area contributed by atoms with E-state index < -0.39 is 0 Å². The van der Waals surface area contributed by atoms with Gasteiger partial charge in [0.15, 0.2) is 17.8 Å². The van der Waals surface area contributed by atoms with Crippen molar-refractivity contribution in [2.75, 3.05) is 31.2 Å².